The van der Waals surface area contributed by atoms with Crippen LogP contribution in [0.2, 0.25) is 0 Å². The third-order valence-electron chi connectivity index (χ3n) is 2.25. The van der Waals surface area contributed by atoms with Crippen molar-refractivity contribution in [1.82, 2.24) is 0 Å². The summed E-state index contributed by atoms with van der Waals surface area (Å²) in [5, 5.41) is 8.69. The number of carboxylic acids is 1. The first-order chi connectivity index (χ1) is 6.63. The van der Waals surface area contributed by atoms with E-state index in [1.54, 1.807) is 0 Å². The van der Waals surface area contributed by atoms with Crippen molar-refractivity contribution >= 4 is 17.6 Å². The maximum atomic E-state index is 10.5. The van der Waals surface area contributed by atoms with Crippen LogP contribution in [0.4, 0.5) is 0 Å². The van der Waals surface area contributed by atoms with Crippen molar-refractivity contribution in [3.63, 3.8) is 0 Å². The lowest BCUT2D eigenvalue weighted by atomic mass is 9.91. The molecule has 1 aliphatic rings. The molecule has 0 aromatic rings. The fourth-order valence-corrected chi connectivity index (χ4v) is 1.62. The van der Waals surface area contributed by atoms with Crippen molar-refractivity contribution in [3.05, 3.63) is 23.8 Å². The summed E-state index contributed by atoms with van der Waals surface area (Å²) in [6, 6.07) is 0. The number of aliphatic carboxylic acids is 1. The van der Waals surface area contributed by atoms with Crippen LogP contribution < -0.4 is 5.73 Å². The summed E-state index contributed by atoms with van der Waals surface area (Å²) >= 11 is 5.86. The molecular weight excluding hydrogens is 202 g/mol. The van der Waals surface area contributed by atoms with Gasteiger partial charge in [-0.15, -0.1) is 11.6 Å². The Hall–Kier alpha value is -0.800. The molecule has 0 heterocycles. The fourth-order valence-electron chi connectivity index (χ4n) is 1.46. The van der Waals surface area contributed by atoms with Crippen LogP contribution >= 0.6 is 11.6 Å². The highest BCUT2D eigenvalue weighted by molar-refractivity contribution is 6.22. The average Bonchev–Trinajstić information content (AvgIpc) is 2.15. The molecule has 3 nitrogen and oxygen atoms in total. The Labute approximate surface area is 88.2 Å². The number of carboxylic acid groups (broad SMARTS) is 1. The van der Waals surface area contributed by atoms with Gasteiger partial charge >= 0.3 is 5.97 Å². The zero-order valence-electron chi connectivity index (χ0n) is 7.82. The first-order valence-corrected chi connectivity index (χ1v) is 5.01. The third kappa shape index (κ3) is 3.16. The molecule has 78 valence electrons. The van der Waals surface area contributed by atoms with Crippen molar-refractivity contribution in [2.24, 2.45) is 11.7 Å². The number of rotatable bonds is 4. The second-order valence-corrected chi connectivity index (χ2v) is 3.91. The summed E-state index contributed by atoms with van der Waals surface area (Å²) < 4.78 is 0. The molecule has 3 N–H and O–H groups in total. The van der Waals surface area contributed by atoms with Crippen LogP contribution in [0.15, 0.2) is 23.8 Å². The molecule has 14 heavy (non-hydrogen) atoms. The largest absolute Gasteiger partial charge is 0.481 e. The van der Waals surface area contributed by atoms with Crippen LogP contribution in [0.3, 0.4) is 0 Å². The minimum absolute atomic E-state index is 0.0296. The van der Waals surface area contributed by atoms with Gasteiger partial charge < -0.3 is 10.8 Å². The van der Waals surface area contributed by atoms with Gasteiger partial charge in [0, 0.05) is 5.92 Å². The predicted molar refractivity (Wildman–Crippen MR) is 56.3 cm³/mol. The summed E-state index contributed by atoms with van der Waals surface area (Å²) in [5.74, 6) is -0.907. The van der Waals surface area contributed by atoms with Crippen LogP contribution in [0, 0.1) is 5.92 Å². The average molecular weight is 216 g/mol. The second kappa shape index (κ2) is 5.17. The normalized spacial score (nSPS) is 23.0. The molecule has 0 amide bonds. The van der Waals surface area contributed by atoms with Gasteiger partial charge in [0.1, 0.15) is 0 Å². The molecule has 0 fully saturated rings. The van der Waals surface area contributed by atoms with Crippen molar-refractivity contribution in [2.75, 3.05) is 6.54 Å². The number of alkyl halides is 1. The highest BCUT2D eigenvalue weighted by Crippen LogP contribution is 2.22. The van der Waals surface area contributed by atoms with E-state index in [2.05, 4.69) is 0 Å². The van der Waals surface area contributed by atoms with Crippen LogP contribution in [-0.2, 0) is 4.79 Å². The first-order valence-electron chi connectivity index (χ1n) is 4.57. The summed E-state index contributed by atoms with van der Waals surface area (Å²) in [5.41, 5.74) is 6.51. The van der Waals surface area contributed by atoms with E-state index in [9.17, 15) is 4.79 Å². The Bertz CT molecular complexity index is 273. The number of nitrogens with two attached hydrogens (primary N) is 1. The zero-order chi connectivity index (χ0) is 10.6. The number of allylic oxidation sites excluding steroid dienone is 3. The lowest BCUT2D eigenvalue weighted by molar-refractivity contribution is -0.137. The maximum Gasteiger partial charge on any atom is 0.304 e. The molecule has 0 aromatic carbocycles. The van der Waals surface area contributed by atoms with Gasteiger partial charge in [-0.3, -0.25) is 4.79 Å². The van der Waals surface area contributed by atoms with E-state index in [0.717, 1.165) is 12.0 Å². The van der Waals surface area contributed by atoms with Crippen LogP contribution in [0.1, 0.15) is 12.8 Å². The highest BCUT2D eigenvalue weighted by Gasteiger charge is 2.17. The van der Waals surface area contributed by atoms with E-state index < -0.39 is 5.97 Å². The Morgan fingerprint density at radius 1 is 1.79 bits per heavy atom. The Morgan fingerprint density at radius 3 is 2.93 bits per heavy atom. The molecule has 0 bridgehead atoms. The molecule has 0 saturated carbocycles. The number of hydrogen-bond acceptors (Lipinski definition) is 2. The van der Waals surface area contributed by atoms with Gasteiger partial charge in [-0.1, -0.05) is 18.2 Å². The van der Waals surface area contributed by atoms with Gasteiger partial charge in [0.05, 0.1) is 11.8 Å². The van der Waals surface area contributed by atoms with E-state index in [1.807, 2.05) is 18.2 Å². The van der Waals surface area contributed by atoms with E-state index in [-0.39, 0.29) is 17.7 Å². The molecule has 0 saturated heterocycles. The van der Waals surface area contributed by atoms with Gasteiger partial charge in [-0.05, 0) is 18.5 Å². The molecule has 0 aromatic heterocycles. The maximum absolute atomic E-state index is 10.5. The first kappa shape index (κ1) is 11.3. The number of halogens is 1. The molecular formula is C10H14ClNO2. The third-order valence-corrected chi connectivity index (χ3v) is 2.58. The highest BCUT2D eigenvalue weighted by atomic mass is 35.5. The molecule has 0 aliphatic heterocycles. The monoisotopic (exact) mass is 215 g/mol. The van der Waals surface area contributed by atoms with Gasteiger partial charge in [0.2, 0.25) is 0 Å². The second-order valence-electron chi connectivity index (χ2n) is 3.35. The van der Waals surface area contributed by atoms with Crippen LogP contribution in [0.25, 0.3) is 0 Å². The quantitative estimate of drug-likeness (QED) is 0.700. The van der Waals surface area contributed by atoms with Crippen LogP contribution in [0.5, 0.6) is 0 Å². The lowest BCUT2D eigenvalue weighted by Gasteiger charge is -2.17. The lowest BCUT2D eigenvalue weighted by Crippen LogP contribution is -2.20. The number of hydrogen-bond donors (Lipinski definition) is 2. The fraction of sp³-hybridized carbons (Fsp3) is 0.500. The molecule has 1 rings (SSSR count). The molecule has 2 unspecified atom stereocenters. The van der Waals surface area contributed by atoms with E-state index in [1.165, 1.54) is 0 Å². The summed E-state index contributed by atoms with van der Waals surface area (Å²) in [7, 11) is 0. The van der Waals surface area contributed by atoms with Gasteiger partial charge in [0.25, 0.3) is 0 Å². The Balaban J connectivity index is 2.62. The van der Waals surface area contributed by atoms with Gasteiger partial charge in [-0.2, -0.15) is 0 Å². The SMILES string of the molecule is NCC(CC(=O)O)C1=CCC(Cl)C=C1. The molecule has 1 aliphatic carbocycles. The standard InChI is InChI=1S/C10H14ClNO2/c11-9-3-1-7(2-4-9)8(6-12)5-10(13)14/h1-3,8-9H,4-6,12H2,(H,13,14). The Morgan fingerprint density at radius 2 is 2.50 bits per heavy atom. The topological polar surface area (TPSA) is 63.3 Å². The number of carbonyl (C=O) groups is 1. The molecule has 4 heteroatoms. The van der Waals surface area contributed by atoms with Gasteiger partial charge in [0.15, 0.2) is 0 Å². The van der Waals surface area contributed by atoms with Crippen molar-refractivity contribution in [3.8, 4) is 0 Å². The zero-order valence-corrected chi connectivity index (χ0v) is 8.57. The van der Waals surface area contributed by atoms with E-state index >= 15 is 0 Å². The minimum atomic E-state index is -0.817. The van der Waals surface area contributed by atoms with E-state index in [4.69, 9.17) is 22.4 Å². The smallest absolute Gasteiger partial charge is 0.304 e. The predicted octanol–water partition coefficient (Wildman–Crippen LogP) is 1.53. The van der Waals surface area contributed by atoms with Crippen molar-refractivity contribution in [1.29, 1.82) is 0 Å². The minimum Gasteiger partial charge on any atom is -0.481 e. The van der Waals surface area contributed by atoms with Crippen molar-refractivity contribution < 1.29 is 9.90 Å². The van der Waals surface area contributed by atoms with Gasteiger partial charge in [-0.25, -0.2) is 0 Å². The van der Waals surface area contributed by atoms with Crippen molar-refractivity contribution in [2.45, 2.75) is 18.2 Å². The Kier molecular flexibility index (Phi) is 4.17. The van der Waals surface area contributed by atoms with E-state index in [0.29, 0.717) is 6.54 Å². The van der Waals surface area contributed by atoms with Crippen LogP contribution in [-0.4, -0.2) is 23.0 Å². The summed E-state index contributed by atoms with van der Waals surface area (Å²) in [6.45, 7) is 0.357. The summed E-state index contributed by atoms with van der Waals surface area (Å²) in [4.78, 5) is 10.5. The summed E-state index contributed by atoms with van der Waals surface area (Å²) in [6.07, 6.45) is 6.56. The molecule has 2 atom stereocenters. The molecule has 0 radical (unpaired) electrons. The molecule has 0 spiro atoms.